The summed E-state index contributed by atoms with van der Waals surface area (Å²) in [5.74, 6) is -1.21. The van der Waals surface area contributed by atoms with E-state index in [9.17, 15) is 31.1 Å². The molecule has 1 heterocycles. The summed E-state index contributed by atoms with van der Waals surface area (Å²) in [6, 6.07) is 0. The molecule has 0 atom stereocenters. The molecule has 0 saturated heterocycles. The van der Waals surface area contributed by atoms with Crippen molar-refractivity contribution >= 4 is 5.78 Å². The first-order valence-electron chi connectivity index (χ1n) is 5.24. The first-order chi connectivity index (χ1) is 8.50. The summed E-state index contributed by atoms with van der Waals surface area (Å²) in [5.41, 5.74) is -4.86. The Labute approximate surface area is 104 Å². The molecule has 0 spiro atoms. The molecule has 1 aromatic rings. The molecule has 0 radical (unpaired) electrons. The normalized spacial score (nSPS) is 12.8. The van der Waals surface area contributed by atoms with Crippen molar-refractivity contribution in [2.45, 2.75) is 32.1 Å². The molecule has 0 unspecified atom stereocenters. The van der Waals surface area contributed by atoms with E-state index >= 15 is 0 Å². The maximum absolute atomic E-state index is 12.7. The standard InChI is InChI=1S/C10H10F6N2O/c1-3-4-5(19)6-7(9(11,12)13)17-18(2)8(6)10(14,15)16/h3-4H2,1-2H3. The molecule has 0 bridgehead atoms. The second-order valence-corrected chi connectivity index (χ2v) is 3.86. The number of nitrogens with zero attached hydrogens (tertiary/aromatic N) is 2. The summed E-state index contributed by atoms with van der Waals surface area (Å²) < 4.78 is 76.1. The number of ketones is 1. The lowest BCUT2D eigenvalue weighted by molar-refractivity contribution is -0.144. The number of halogens is 6. The predicted molar refractivity (Wildman–Crippen MR) is 52.5 cm³/mol. The maximum atomic E-state index is 12.7. The number of aryl methyl sites for hydroxylation is 1. The van der Waals surface area contributed by atoms with Crippen LogP contribution in [0.5, 0.6) is 0 Å². The van der Waals surface area contributed by atoms with Crippen molar-refractivity contribution in [3.05, 3.63) is 17.0 Å². The highest BCUT2D eigenvalue weighted by Crippen LogP contribution is 2.39. The van der Waals surface area contributed by atoms with Crippen LogP contribution in [0.25, 0.3) is 0 Å². The van der Waals surface area contributed by atoms with Gasteiger partial charge in [-0.2, -0.15) is 31.4 Å². The van der Waals surface area contributed by atoms with Gasteiger partial charge in [0.2, 0.25) is 0 Å². The smallest absolute Gasteiger partial charge is 0.294 e. The van der Waals surface area contributed by atoms with Crippen LogP contribution in [0, 0.1) is 0 Å². The third kappa shape index (κ3) is 3.07. The van der Waals surface area contributed by atoms with Crippen molar-refractivity contribution in [2.75, 3.05) is 0 Å². The molecular formula is C10H10F6N2O. The molecule has 0 aliphatic rings. The lowest BCUT2D eigenvalue weighted by Crippen LogP contribution is -2.18. The number of carbonyl (C=O) groups excluding carboxylic acids is 1. The van der Waals surface area contributed by atoms with Crippen LogP contribution in [-0.2, 0) is 19.4 Å². The van der Waals surface area contributed by atoms with Crippen molar-refractivity contribution < 1.29 is 31.1 Å². The van der Waals surface area contributed by atoms with E-state index in [-0.39, 0.29) is 11.1 Å². The van der Waals surface area contributed by atoms with E-state index in [4.69, 9.17) is 0 Å². The number of hydrogen-bond acceptors (Lipinski definition) is 2. The molecule has 0 aliphatic carbocycles. The summed E-state index contributed by atoms with van der Waals surface area (Å²) in [6.07, 6.45) is -10.5. The number of carbonyl (C=O) groups is 1. The monoisotopic (exact) mass is 288 g/mol. The molecule has 0 N–H and O–H groups in total. The first-order valence-corrected chi connectivity index (χ1v) is 5.24. The van der Waals surface area contributed by atoms with Gasteiger partial charge in [-0.1, -0.05) is 6.92 Å². The highest BCUT2D eigenvalue weighted by Gasteiger charge is 2.47. The molecule has 0 fully saturated rings. The highest BCUT2D eigenvalue weighted by atomic mass is 19.4. The Morgan fingerprint density at radius 2 is 1.68 bits per heavy atom. The van der Waals surface area contributed by atoms with Crippen LogP contribution >= 0.6 is 0 Å². The molecule has 3 nitrogen and oxygen atoms in total. The van der Waals surface area contributed by atoms with Crippen LogP contribution in [0.3, 0.4) is 0 Å². The van der Waals surface area contributed by atoms with Gasteiger partial charge in [-0.05, 0) is 6.42 Å². The van der Waals surface area contributed by atoms with E-state index < -0.39 is 41.5 Å². The van der Waals surface area contributed by atoms with Crippen molar-refractivity contribution in [2.24, 2.45) is 7.05 Å². The Hall–Kier alpha value is -1.54. The fourth-order valence-electron chi connectivity index (χ4n) is 1.66. The van der Waals surface area contributed by atoms with Crippen molar-refractivity contribution in [1.29, 1.82) is 0 Å². The molecule has 0 amide bonds. The van der Waals surface area contributed by atoms with E-state index in [1.165, 1.54) is 6.92 Å². The zero-order chi connectivity index (χ0) is 15.0. The highest BCUT2D eigenvalue weighted by molar-refractivity contribution is 5.98. The molecular weight excluding hydrogens is 278 g/mol. The van der Waals surface area contributed by atoms with Gasteiger partial charge in [0.15, 0.2) is 17.2 Å². The quantitative estimate of drug-likeness (QED) is 0.631. The summed E-state index contributed by atoms with van der Waals surface area (Å²) in [6.45, 7) is 1.48. The Kier molecular flexibility index (Phi) is 3.97. The average molecular weight is 288 g/mol. The summed E-state index contributed by atoms with van der Waals surface area (Å²) in [7, 11) is 0.723. The van der Waals surface area contributed by atoms with Crippen LogP contribution in [0.4, 0.5) is 26.3 Å². The fourth-order valence-corrected chi connectivity index (χ4v) is 1.66. The van der Waals surface area contributed by atoms with E-state index in [2.05, 4.69) is 5.10 Å². The van der Waals surface area contributed by atoms with Crippen LogP contribution in [0.15, 0.2) is 0 Å². The van der Waals surface area contributed by atoms with E-state index in [0.29, 0.717) is 0 Å². The molecule has 9 heteroatoms. The summed E-state index contributed by atoms with van der Waals surface area (Å²) in [4.78, 5) is 11.5. The minimum atomic E-state index is -5.11. The Morgan fingerprint density at radius 1 is 1.16 bits per heavy atom. The fraction of sp³-hybridized carbons (Fsp3) is 0.600. The van der Waals surface area contributed by atoms with Gasteiger partial charge in [-0.15, -0.1) is 0 Å². The summed E-state index contributed by atoms with van der Waals surface area (Å²) >= 11 is 0. The van der Waals surface area contributed by atoms with Gasteiger partial charge in [0.05, 0.1) is 5.56 Å². The number of Topliss-reactive ketones (excluding diaryl/α,β-unsaturated/α-hetero) is 1. The minimum absolute atomic E-state index is 0.0473. The Bertz CT molecular complexity index is 485. The van der Waals surface area contributed by atoms with Crippen LogP contribution in [0.2, 0.25) is 0 Å². The molecule has 1 aromatic heterocycles. The second-order valence-electron chi connectivity index (χ2n) is 3.86. The maximum Gasteiger partial charge on any atom is 0.435 e. The van der Waals surface area contributed by atoms with Gasteiger partial charge in [0.25, 0.3) is 0 Å². The first kappa shape index (κ1) is 15.5. The second kappa shape index (κ2) is 4.86. The van der Waals surface area contributed by atoms with Crippen LogP contribution in [0.1, 0.15) is 41.5 Å². The van der Waals surface area contributed by atoms with Crippen LogP contribution in [-0.4, -0.2) is 15.6 Å². The zero-order valence-electron chi connectivity index (χ0n) is 9.98. The third-order valence-electron chi connectivity index (χ3n) is 2.34. The largest absolute Gasteiger partial charge is 0.435 e. The van der Waals surface area contributed by atoms with Crippen molar-refractivity contribution in [1.82, 2.24) is 9.78 Å². The average Bonchev–Trinajstić information content (AvgIpc) is 2.55. The van der Waals surface area contributed by atoms with E-state index in [1.54, 1.807) is 0 Å². The van der Waals surface area contributed by atoms with Crippen LogP contribution < -0.4 is 0 Å². The molecule has 108 valence electrons. The lowest BCUT2D eigenvalue weighted by Gasteiger charge is -2.10. The van der Waals surface area contributed by atoms with Gasteiger partial charge in [-0.3, -0.25) is 9.48 Å². The third-order valence-corrected chi connectivity index (χ3v) is 2.34. The van der Waals surface area contributed by atoms with Gasteiger partial charge in [0.1, 0.15) is 0 Å². The predicted octanol–water partition coefficient (Wildman–Crippen LogP) is 3.44. The number of hydrogen-bond donors (Lipinski definition) is 0. The molecule has 0 aromatic carbocycles. The van der Waals surface area contributed by atoms with Gasteiger partial charge in [-0.25, -0.2) is 0 Å². The SMILES string of the molecule is CCCC(=O)c1c(C(F)(F)F)nn(C)c1C(F)(F)F. The van der Waals surface area contributed by atoms with E-state index in [1.807, 2.05) is 0 Å². The van der Waals surface area contributed by atoms with Crippen molar-refractivity contribution in [3.63, 3.8) is 0 Å². The lowest BCUT2D eigenvalue weighted by atomic mass is 10.0. The minimum Gasteiger partial charge on any atom is -0.294 e. The van der Waals surface area contributed by atoms with Gasteiger partial charge < -0.3 is 0 Å². The van der Waals surface area contributed by atoms with Gasteiger partial charge >= 0.3 is 12.4 Å². The van der Waals surface area contributed by atoms with Gasteiger partial charge in [0, 0.05) is 13.5 Å². The zero-order valence-corrected chi connectivity index (χ0v) is 9.98. The molecule has 0 saturated carbocycles. The molecule has 1 rings (SSSR count). The summed E-state index contributed by atoms with van der Waals surface area (Å²) in [5, 5.41) is 2.80. The molecule has 0 aliphatic heterocycles. The topological polar surface area (TPSA) is 34.9 Å². The number of rotatable bonds is 3. The number of alkyl halides is 6. The van der Waals surface area contributed by atoms with E-state index in [0.717, 1.165) is 7.05 Å². The Balaban J connectivity index is 3.57. The molecule has 19 heavy (non-hydrogen) atoms. The van der Waals surface area contributed by atoms with Crippen molar-refractivity contribution in [3.8, 4) is 0 Å². The number of aromatic nitrogens is 2. The Morgan fingerprint density at radius 3 is 2.05 bits per heavy atom.